The molecule has 3 nitrogen and oxygen atoms in total. The van der Waals surface area contributed by atoms with Crippen LogP contribution in [0, 0.1) is 11.8 Å². The van der Waals surface area contributed by atoms with E-state index in [9.17, 15) is 4.79 Å². The molecule has 0 heterocycles. The number of para-hydroxylation sites is 3. The van der Waals surface area contributed by atoms with E-state index in [-0.39, 0.29) is 11.8 Å². The minimum absolute atomic E-state index is 0.0848. The van der Waals surface area contributed by atoms with Crippen molar-refractivity contribution in [2.24, 2.45) is 11.8 Å². The van der Waals surface area contributed by atoms with E-state index in [2.05, 4.69) is 12.2 Å². The van der Waals surface area contributed by atoms with Crippen molar-refractivity contribution >= 4 is 11.6 Å². The summed E-state index contributed by atoms with van der Waals surface area (Å²) in [6.45, 7) is 2.09. The molecule has 20 heavy (non-hydrogen) atoms. The molecule has 3 rings (SSSR count). The fraction of sp³-hybridized carbons (Fsp3) is 0.235. The van der Waals surface area contributed by atoms with Gasteiger partial charge in [-0.3, -0.25) is 4.79 Å². The lowest BCUT2D eigenvalue weighted by Crippen LogP contribution is -2.14. The van der Waals surface area contributed by atoms with Crippen LogP contribution < -0.4 is 10.1 Å². The molecule has 0 aliphatic heterocycles. The molecule has 0 unspecified atom stereocenters. The number of ether oxygens (including phenoxy) is 1. The Morgan fingerprint density at radius 2 is 1.75 bits per heavy atom. The van der Waals surface area contributed by atoms with Crippen LogP contribution in [0.5, 0.6) is 11.5 Å². The van der Waals surface area contributed by atoms with Gasteiger partial charge in [0.1, 0.15) is 5.75 Å². The van der Waals surface area contributed by atoms with Crippen molar-refractivity contribution < 1.29 is 9.53 Å². The molecule has 3 heteroatoms. The lowest BCUT2D eigenvalue weighted by Gasteiger charge is -2.12. The summed E-state index contributed by atoms with van der Waals surface area (Å²) >= 11 is 0. The highest BCUT2D eigenvalue weighted by atomic mass is 16.5. The van der Waals surface area contributed by atoms with Gasteiger partial charge < -0.3 is 10.1 Å². The van der Waals surface area contributed by atoms with Crippen molar-refractivity contribution in [2.45, 2.75) is 13.3 Å². The van der Waals surface area contributed by atoms with E-state index in [1.165, 1.54) is 0 Å². The average Bonchev–Trinajstić information content (AvgIpc) is 3.19. The number of hydrogen-bond acceptors (Lipinski definition) is 2. The summed E-state index contributed by atoms with van der Waals surface area (Å²) in [5, 5.41) is 2.96. The van der Waals surface area contributed by atoms with Gasteiger partial charge in [0.25, 0.3) is 0 Å². The fourth-order valence-corrected chi connectivity index (χ4v) is 2.19. The van der Waals surface area contributed by atoms with Crippen LogP contribution >= 0.6 is 0 Å². The largest absolute Gasteiger partial charge is 0.455 e. The smallest absolute Gasteiger partial charge is 0.227 e. The summed E-state index contributed by atoms with van der Waals surface area (Å²) in [5.74, 6) is 2.16. The zero-order chi connectivity index (χ0) is 13.9. The first-order valence-corrected chi connectivity index (χ1v) is 6.87. The van der Waals surface area contributed by atoms with Crippen LogP contribution in [-0.4, -0.2) is 5.91 Å². The SMILES string of the molecule is C[C@@H]1C[C@H]1C(=O)Nc1ccccc1Oc1ccccc1. The maximum atomic E-state index is 12.0. The number of anilines is 1. The summed E-state index contributed by atoms with van der Waals surface area (Å²) in [7, 11) is 0. The van der Waals surface area contributed by atoms with Gasteiger partial charge in [-0.2, -0.15) is 0 Å². The van der Waals surface area contributed by atoms with Gasteiger partial charge in [0.05, 0.1) is 5.69 Å². The lowest BCUT2D eigenvalue weighted by atomic mass is 10.2. The summed E-state index contributed by atoms with van der Waals surface area (Å²) in [6, 6.07) is 17.1. The fourth-order valence-electron chi connectivity index (χ4n) is 2.19. The Kier molecular flexibility index (Phi) is 3.42. The quantitative estimate of drug-likeness (QED) is 0.906. The number of carbonyl (C=O) groups is 1. The van der Waals surface area contributed by atoms with Crippen LogP contribution in [0.4, 0.5) is 5.69 Å². The lowest BCUT2D eigenvalue weighted by molar-refractivity contribution is -0.117. The van der Waals surface area contributed by atoms with Gasteiger partial charge in [-0.05, 0) is 36.6 Å². The Balaban J connectivity index is 1.76. The van der Waals surface area contributed by atoms with Crippen LogP contribution in [0.1, 0.15) is 13.3 Å². The van der Waals surface area contributed by atoms with Crippen LogP contribution in [0.15, 0.2) is 54.6 Å². The van der Waals surface area contributed by atoms with E-state index in [0.29, 0.717) is 11.7 Å². The molecule has 2 aromatic carbocycles. The molecule has 1 aliphatic rings. The molecule has 2 aromatic rings. The van der Waals surface area contributed by atoms with Crippen molar-refractivity contribution in [2.75, 3.05) is 5.32 Å². The van der Waals surface area contributed by atoms with Gasteiger partial charge in [-0.15, -0.1) is 0 Å². The van der Waals surface area contributed by atoms with Crippen LogP contribution in [-0.2, 0) is 4.79 Å². The van der Waals surface area contributed by atoms with E-state index in [0.717, 1.165) is 17.9 Å². The van der Waals surface area contributed by atoms with Crippen LogP contribution in [0.2, 0.25) is 0 Å². The first-order valence-electron chi connectivity index (χ1n) is 6.87. The Labute approximate surface area is 118 Å². The zero-order valence-electron chi connectivity index (χ0n) is 11.4. The predicted octanol–water partition coefficient (Wildman–Crippen LogP) is 4.07. The molecule has 0 spiro atoms. The van der Waals surface area contributed by atoms with E-state index in [1.54, 1.807) is 0 Å². The molecule has 0 bridgehead atoms. The van der Waals surface area contributed by atoms with Gasteiger partial charge in [0.2, 0.25) is 5.91 Å². The number of carbonyl (C=O) groups excluding carboxylic acids is 1. The number of amides is 1. The second kappa shape index (κ2) is 5.37. The summed E-state index contributed by atoms with van der Waals surface area (Å²) < 4.78 is 5.82. The summed E-state index contributed by atoms with van der Waals surface area (Å²) in [5.41, 5.74) is 0.723. The third-order valence-electron chi connectivity index (χ3n) is 3.56. The van der Waals surface area contributed by atoms with E-state index in [4.69, 9.17) is 4.74 Å². The highest BCUT2D eigenvalue weighted by molar-refractivity contribution is 5.95. The number of nitrogens with one attached hydrogen (secondary N) is 1. The molecule has 1 aliphatic carbocycles. The molecule has 1 saturated carbocycles. The monoisotopic (exact) mass is 267 g/mol. The molecular weight excluding hydrogens is 250 g/mol. The van der Waals surface area contributed by atoms with Crippen LogP contribution in [0.3, 0.4) is 0 Å². The molecule has 0 saturated heterocycles. The topological polar surface area (TPSA) is 38.3 Å². The molecule has 1 N–H and O–H groups in total. The molecular formula is C17H17NO2. The molecule has 1 amide bonds. The standard InChI is InChI=1S/C17H17NO2/c1-12-11-14(12)17(19)18-15-9-5-6-10-16(15)20-13-7-3-2-4-8-13/h2-10,12,14H,11H2,1H3,(H,18,19)/t12-,14-/m1/s1. The Morgan fingerprint density at radius 3 is 2.45 bits per heavy atom. The van der Waals surface area contributed by atoms with Crippen molar-refractivity contribution in [3.8, 4) is 11.5 Å². The van der Waals surface area contributed by atoms with E-state index in [1.807, 2.05) is 54.6 Å². The highest BCUT2D eigenvalue weighted by Gasteiger charge is 2.39. The van der Waals surface area contributed by atoms with Gasteiger partial charge in [0.15, 0.2) is 5.75 Å². The van der Waals surface area contributed by atoms with E-state index >= 15 is 0 Å². The first-order chi connectivity index (χ1) is 9.74. The Morgan fingerprint density at radius 1 is 1.10 bits per heavy atom. The summed E-state index contributed by atoms with van der Waals surface area (Å²) in [4.78, 5) is 12.0. The van der Waals surface area contributed by atoms with Crippen molar-refractivity contribution in [3.05, 3.63) is 54.6 Å². The van der Waals surface area contributed by atoms with Crippen molar-refractivity contribution in [1.82, 2.24) is 0 Å². The van der Waals surface area contributed by atoms with Crippen molar-refractivity contribution in [3.63, 3.8) is 0 Å². The minimum atomic E-state index is 0.0848. The van der Waals surface area contributed by atoms with E-state index < -0.39 is 0 Å². The van der Waals surface area contributed by atoms with Gasteiger partial charge >= 0.3 is 0 Å². The Bertz CT molecular complexity index is 609. The normalized spacial score (nSPS) is 20.2. The van der Waals surface area contributed by atoms with Gasteiger partial charge in [-0.25, -0.2) is 0 Å². The van der Waals surface area contributed by atoms with Gasteiger partial charge in [-0.1, -0.05) is 37.3 Å². The second-order valence-electron chi connectivity index (χ2n) is 5.22. The predicted molar refractivity (Wildman–Crippen MR) is 78.9 cm³/mol. The third kappa shape index (κ3) is 2.82. The first kappa shape index (κ1) is 12.7. The average molecular weight is 267 g/mol. The molecule has 0 aromatic heterocycles. The molecule has 102 valence electrons. The van der Waals surface area contributed by atoms with Gasteiger partial charge in [0, 0.05) is 5.92 Å². The van der Waals surface area contributed by atoms with Crippen molar-refractivity contribution in [1.29, 1.82) is 0 Å². The zero-order valence-corrected chi connectivity index (χ0v) is 11.4. The maximum Gasteiger partial charge on any atom is 0.227 e. The molecule has 2 atom stereocenters. The second-order valence-corrected chi connectivity index (χ2v) is 5.22. The number of benzene rings is 2. The maximum absolute atomic E-state index is 12.0. The molecule has 1 fully saturated rings. The Hall–Kier alpha value is -2.29. The third-order valence-corrected chi connectivity index (χ3v) is 3.56. The van der Waals surface area contributed by atoms with Crippen LogP contribution in [0.25, 0.3) is 0 Å². The number of rotatable bonds is 4. The number of hydrogen-bond donors (Lipinski definition) is 1. The molecule has 0 radical (unpaired) electrons. The minimum Gasteiger partial charge on any atom is -0.455 e. The summed E-state index contributed by atoms with van der Waals surface area (Å²) in [6.07, 6.45) is 0.980. The highest BCUT2D eigenvalue weighted by Crippen LogP contribution is 2.39.